The summed E-state index contributed by atoms with van der Waals surface area (Å²) in [5.74, 6) is 0.780. The summed E-state index contributed by atoms with van der Waals surface area (Å²) in [4.78, 5) is 14.7. The molecule has 5 nitrogen and oxygen atoms in total. The van der Waals surface area contributed by atoms with Crippen LogP contribution < -0.4 is 4.90 Å². The largest absolute Gasteiger partial charge is 0.389 e. The Hall–Kier alpha value is -1.43. The first-order valence-electron chi connectivity index (χ1n) is 7.10. The maximum absolute atomic E-state index is 10.8. The van der Waals surface area contributed by atoms with Crippen LogP contribution in [-0.2, 0) is 6.42 Å². The molecule has 3 heterocycles. The SMILES string of the molecule is OC1(Cc2ncccc2Cl)CCN(c2cnc(Cl)cn2)CC1. The van der Waals surface area contributed by atoms with E-state index in [2.05, 4.69) is 19.9 Å². The molecule has 0 radical (unpaired) electrons. The predicted octanol–water partition coefficient (Wildman–Crippen LogP) is 2.75. The van der Waals surface area contributed by atoms with Crippen LogP contribution in [0, 0.1) is 0 Å². The van der Waals surface area contributed by atoms with Crippen molar-refractivity contribution in [2.75, 3.05) is 18.0 Å². The van der Waals surface area contributed by atoms with Crippen LogP contribution in [0.4, 0.5) is 5.82 Å². The van der Waals surface area contributed by atoms with Crippen LogP contribution in [0.5, 0.6) is 0 Å². The van der Waals surface area contributed by atoms with Crippen molar-refractivity contribution in [2.45, 2.75) is 24.9 Å². The summed E-state index contributed by atoms with van der Waals surface area (Å²) >= 11 is 11.9. The summed E-state index contributed by atoms with van der Waals surface area (Å²) in [6.45, 7) is 1.41. The van der Waals surface area contributed by atoms with Crippen molar-refractivity contribution in [3.05, 3.63) is 46.6 Å². The molecule has 1 aliphatic rings. The second kappa shape index (κ2) is 6.36. The Balaban J connectivity index is 1.65. The maximum atomic E-state index is 10.8. The monoisotopic (exact) mass is 338 g/mol. The van der Waals surface area contributed by atoms with Crippen LogP contribution in [0.25, 0.3) is 0 Å². The second-order valence-electron chi connectivity index (χ2n) is 5.52. The van der Waals surface area contributed by atoms with Gasteiger partial charge in [0.1, 0.15) is 11.0 Å². The lowest BCUT2D eigenvalue weighted by Gasteiger charge is -2.38. The first kappa shape index (κ1) is 15.5. The number of halogens is 2. The van der Waals surface area contributed by atoms with Gasteiger partial charge in [0.05, 0.1) is 28.7 Å². The normalized spacial score (nSPS) is 17.5. The number of rotatable bonds is 3. The van der Waals surface area contributed by atoms with Crippen LogP contribution >= 0.6 is 23.2 Å². The number of aromatic nitrogens is 3. The molecule has 0 aromatic carbocycles. The molecule has 1 saturated heterocycles. The van der Waals surface area contributed by atoms with Crippen LogP contribution in [0.1, 0.15) is 18.5 Å². The summed E-state index contributed by atoms with van der Waals surface area (Å²) in [6.07, 6.45) is 6.61. The summed E-state index contributed by atoms with van der Waals surface area (Å²) < 4.78 is 0. The van der Waals surface area contributed by atoms with Gasteiger partial charge in [-0.1, -0.05) is 23.2 Å². The fourth-order valence-electron chi connectivity index (χ4n) is 2.66. The van der Waals surface area contributed by atoms with Gasteiger partial charge >= 0.3 is 0 Å². The van der Waals surface area contributed by atoms with E-state index < -0.39 is 5.60 Å². The van der Waals surface area contributed by atoms with Gasteiger partial charge < -0.3 is 10.0 Å². The molecule has 1 aliphatic heterocycles. The zero-order valence-corrected chi connectivity index (χ0v) is 13.4. The van der Waals surface area contributed by atoms with Crippen LogP contribution in [0.2, 0.25) is 10.2 Å². The van der Waals surface area contributed by atoms with Gasteiger partial charge in [-0.2, -0.15) is 0 Å². The van der Waals surface area contributed by atoms with Gasteiger partial charge in [-0.05, 0) is 25.0 Å². The van der Waals surface area contributed by atoms with E-state index >= 15 is 0 Å². The van der Waals surface area contributed by atoms with Crippen molar-refractivity contribution >= 4 is 29.0 Å². The topological polar surface area (TPSA) is 62.1 Å². The molecule has 1 N–H and O–H groups in total. The molecular weight excluding hydrogens is 323 g/mol. The third-order valence-corrected chi connectivity index (χ3v) is 4.50. The van der Waals surface area contributed by atoms with Crippen LogP contribution in [-0.4, -0.2) is 38.7 Å². The lowest BCUT2D eigenvalue weighted by atomic mass is 9.87. The molecule has 2 aromatic heterocycles. The highest BCUT2D eigenvalue weighted by Crippen LogP contribution is 2.29. The average Bonchev–Trinajstić information content (AvgIpc) is 2.51. The number of pyridine rings is 1. The molecule has 0 atom stereocenters. The van der Waals surface area contributed by atoms with Crippen molar-refractivity contribution in [2.24, 2.45) is 0 Å². The van der Waals surface area contributed by atoms with E-state index in [0.717, 1.165) is 11.5 Å². The van der Waals surface area contributed by atoms with Gasteiger partial charge in [-0.25, -0.2) is 9.97 Å². The number of aliphatic hydroxyl groups is 1. The van der Waals surface area contributed by atoms with Crippen molar-refractivity contribution < 1.29 is 5.11 Å². The van der Waals surface area contributed by atoms with E-state index in [0.29, 0.717) is 42.5 Å². The molecule has 2 aromatic rings. The van der Waals surface area contributed by atoms with Gasteiger partial charge in [0, 0.05) is 25.7 Å². The second-order valence-corrected chi connectivity index (χ2v) is 6.31. The van der Waals surface area contributed by atoms with E-state index in [-0.39, 0.29) is 0 Å². The number of anilines is 1. The average molecular weight is 339 g/mol. The molecule has 116 valence electrons. The lowest BCUT2D eigenvalue weighted by Crippen LogP contribution is -2.46. The molecule has 1 fully saturated rings. The van der Waals surface area contributed by atoms with Crippen LogP contribution in [0.3, 0.4) is 0 Å². The molecule has 3 rings (SSSR count). The molecule has 0 saturated carbocycles. The fraction of sp³-hybridized carbons (Fsp3) is 0.400. The highest BCUT2D eigenvalue weighted by Gasteiger charge is 2.33. The summed E-state index contributed by atoms with van der Waals surface area (Å²) in [5, 5.41) is 11.8. The highest BCUT2D eigenvalue weighted by atomic mass is 35.5. The molecule has 0 bridgehead atoms. The Labute approximate surface area is 138 Å². The standard InChI is InChI=1S/C15H16Cl2N4O/c16-11-2-1-5-18-12(11)8-15(22)3-6-21(7-4-15)14-10-19-13(17)9-20-14/h1-2,5,9-10,22H,3-4,6-8H2. The number of hydrogen-bond acceptors (Lipinski definition) is 5. The first-order valence-corrected chi connectivity index (χ1v) is 7.86. The van der Waals surface area contributed by atoms with Gasteiger partial charge in [0.15, 0.2) is 0 Å². The molecule has 0 unspecified atom stereocenters. The Morgan fingerprint density at radius 2 is 1.91 bits per heavy atom. The molecular formula is C15H16Cl2N4O. The molecule has 0 amide bonds. The van der Waals surface area contributed by atoms with E-state index in [9.17, 15) is 5.11 Å². The zero-order chi connectivity index (χ0) is 15.6. The number of piperidine rings is 1. The van der Waals surface area contributed by atoms with Gasteiger partial charge in [0.2, 0.25) is 0 Å². The lowest BCUT2D eigenvalue weighted by molar-refractivity contribution is 0.0156. The highest BCUT2D eigenvalue weighted by molar-refractivity contribution is 6.31. The Morgan fingerprint density at radius 1 is 1.14 bits per heavy atom. The number of hydrogen-bond donors (Lipinski definition) is 1. The van der Waals surface area contributed by atoms with Gasteiger partial charge in [0.25, 0.3) is 0 Å². The third kappa shape index (κ3) is 3.48. The van der Waals surface area contributed by atoms with Gasteiger partial charge in [-0.3, -0.25) is 4.98 Å². The molecule has 7 heteroatoms. The quantitative estimate of drug-likeness (QED) is 0.932. The summed E-state index contributed by atoms with van der Waals surface area (Å²) in [6, 6.07) is 3.59. The minimum absolute atomic E-state index is 0.377. The molecule has 0 aliphatic carbocycles. The zero-order valence-electron chi connectivity index (χ0n) is 11.9. The third-order valence-electron chi connectivity index (χ3n) is 3.96. The Morgan fingerprint density at radius 3 is 2.55 bits per heavy atom. The van der Waals surface area contributed by atoms with Gasteiger partial charge in [-0.15, -0.1) is 0 Å². The smallest absolute Gasteiger partial charge is 0.147 e. The van der Waals surface area contributed by atoms with Crippen molar-refractivity contribution in [3.8, 4) is 0 Å². The minimum atomic E-state index is -0.783. The molecule has 22 heavy (non-hydrogen) atoms. The van der Waals surface area contributed by atoms with E-state index in [1.807, 2.05) is 0 Å². The maximum Gasteiger partial charge on any atom is 0.147 e. The molecule has 0 spiro atoms. The van der Waals surface area contributed by atoms with Crippen molar-refractivity contribution in [1.29, 1.82) is 0 Å². The minimum Gasteiger partial charge on any atom is -0.389 e. The van der Waals surface area contributed by atoms with Crippen molar-refractivity contribution in [1.82, 2.24) is 15.0 Å². The summed E-state index contributed by atoms with van der Waals surface area (Å²) in [7, 11) is 0. The van der Waals surface area contributed by atoms with E-state index in [1.165, 1.54) is 6.20 Å². The number of nitrogens with zero attached hydrogens (tertiary/aromatic N) is 4. The fourth-order valence-corrected chi connectivity index (χ4v) is 2.94. The predicted molar refractivity (Wildman–Crippen MR) is 86.4 cm³/mol. The Kier molecular flexibility index (Phi) is 4.47. The Bertz CT molecular complexity index is 642. The van der Waals surface area contributed by atoms with Crippen molar-refractivity contribution in [3.63, 3.8) is 0 Å². The van der Waals surface area contributed by atoms with Crippen LogP contribution in [0.15, 0.2) is 30.7 Å². The first-order chi connectivity index (χ1) is 10.6. The van der Waals surface area contributed by atoms with E-state index in [4.69, 9.17) is 23.2 Å². The van der Waals surface area contributed by atoms with E-state index in [1.54, 1.807) is 24.5 Å². The summed E-state index contributed by atoms with van der Waals surface area (Å²) in [5.41, 5.74) is -0.0413.